The van der Waals surface area contributed by atoms with Gasteiger partial charge in [0.15, 0.2) is 0 Å². The molecule has 1 rings (SSSR count). The highest BCUT2D eigenvalue weighted by Gasteiger charge is 2.32. The Morgan fingerprint density at radius 3 is 2.85 bits per heavy atom. The number of methoxy groups -OCH3 is 1. The quantitative estimate of drug-likeness (QED) is 0.406. The van der Waals surface area contributed by atoms with E-state index in [-0.39, 0.29) is 24.7 Å². The monoisotopic (exact) mass is 281 g/mol. The second-order valence-corrected chi connectivity index (χ2v) is 4.61. The largest absolute Gasteiger partial charge is 0.467 e. The van der Waals surface area contributed by atoms with Crippen molar-refractivity contribution in [2.45, 2.75) is 31.3 Å². The molecule has 0 bridgehead atoms. The highest BCUT2D eigenvalue weighted by atomic mass is 16.5. The smallest absolute Gasteiger partial charge is 0.328 e. The van der Waals surface area contributed by atoms with Gasteiger partial charge in [-0.1, -0.05) is 0 Å². The predicted molar refractivity (Wildman–Crippen MR) is 71.1 cm³/mol. The van der Waals surface area contributed by atoms with E-state index in [4.69, 9.17) is 12.2 Å². The fourth-order valence-electron chi connectivity index (χ4n) is 2.01. The van der Waals surface area contributed by atoms with Crippen LogP contribution in [0.1, 0.15) is 19.3 Å². The molecule has 2 amide bonds. The lowest BCUT2D eigenvalue weighted by molar-refractivity contribution is -0.146. The van der Waals surface area contributed by atoms with Crippen molar-refractivity contribution in [1.82, 2.24) is 10.6 Å². The number of carbonyl (C=O) groups excluding carboxylic acids is 3. The molecule has 3 atom stereocenters. The lowest BCUT2D eigenvalue weighted by atomic mass is 9.98. The second kappa shape index (κ2) is 7.50. The van der Waals surface area contributed by atoms with Gasteiger partial charge in [-0.2, -0.15) is 0 Å². The fourth-order valence-corrected chi connectivity index (χ4v) is 2.01. The Labute approximate surface area is 117 Å². The summed E-state index contributed by atoms with van der Waals surface area (Å²) in [4.78, 5) is 35.0. The second-order valence-electron chi connectivity index (χ2n) is 4.61. The van der Waals surface area contributed by atoms with Crippen molar-refractivity contribution in [2.75, 3.05) is 13.7 Å². The minimum absolute atomic E-state index is 0.0731. The van der Waals surface area contributed by atoms with Crippen molar-refractivity contribution in [3.8, 4) is 12.3 Å². The number of esters is 1. The molecule has 7 heteroatoms. The SMILES string of the molecule is C#CC[C@H](N)C(=O)NC(C[C@@H]1CCNC1=O)C(=O)OC. The molecule has 4 N–H and O–H groups in total. The van der Waals surface area contributed by atoms with Crippen molar-refractivity contribution in [2.24, 2.45) is 11.7 Å². The van der Waals surface area contributed by atoms with Gasteiger partial charge in [-0.3, -0.25) is 9.59 Å². The fraction of sp³-hybridized carbons (Fsp3) is 0.615. The van der Waals surface area contributed by atoms with Crippen LogP contribution in [0.2, 0.25) is 0 Å². The molecule has 0 saturated carbocycles. The minimum atomic E-state index is -0.898. The predicted octanol–water partition coefficient (Wildman–Crippen LogP) is -1.48. The third kappa shape index (κ3) is 4.24. The van der Waals surface area contributed by atoms with Crippen LogP contribution in [0.25, 0.3) is 0 Å². The lowest BCUT2D eigenvalue weighted by Crippen LogP contribution is -2.49. The summed E-state index contributed by atoms with van der Waals surface area (Å²) < 4.78 is 4.63. The molecule has 20 heavy (non-hydrogen) atoms. The van der Waals surface area contributed by atoms with Gasteiger partial charge in [0, 0.05) is 18.9 Å². The van der Waals surface area contributed by atoms with Crippen LogP contribution < -0.4 is 16.4 Å². The number of rotatable bonds is 6. The Balaban J connectivity index is 2.65. The lowest BCUT2D eigenvalue weighted by Gasteiger charge is -2.20. The highest BCUT2D eigenvalue weighted by Crippen LogP contribution is 2.16. The van der Waals surface area contributed by atoms with Crippen molar-refractivity contribution < 1.29 is 19.1 Å². The Morgan fingerprint density at radius 1 is 1.65 bits per heavy atom. The number of terminal acetylenes is 1. The highest BCUT2D eigenvalue weighted by molar-refractivity contribution is 5.88. The number of carbonyl (C=O) groups is 3. The summed E-state index contributed by atoms with van der Waals surface area (Å²) in [5, 5.41) is 5.16. The average Bonchev–Trinajstić information content (AvgIpc) is 2.82. The molecule has 0 aromatic rings. The maximum absolute atomic E-state index is 11.8. The third-order valence-electron chi connectivity index (χ3n) is 3.16. The first-order valence-corrected chi connectivity index (χ1v) is 6.34. The van der Waals surface area contributed by atoms with E-state index in [0.29, 0.717) is 13.0 Å². The van der Waals surface area contributed by atoms with E-state index < -0.39 is 24.0 Å². The molecule has 1 aliphatic rings. The molecule has 1 aliphatic heterocycles. The molecular weight excluding hydrogens is 262 g/mol. The zero-order chi connectivity index (χ0) is 15.1. The molecule has 1 unspecified atom stereocenters. The van der Waals surface area contributed by atoms with Crippen molar-refractivity contribution in [1.29, 1.82) is 0 Å². The van der Waals surface area contributed by atoms with Crippen LogP contribution in [-0.4, -0.2) is 43.5 Å². The summed E-state index contributed by atoms with van der Waals surface area (Å²) in [5.41, 5.74) is 5.57. The van der Waals surface area contributed by atoms with E-state index in [1.54, 1.807) is 0 Å². The summed E-state index contributed by atoms with van der Waals surface area (Å²) in [6.07, 6.45) is 5.96. The first kappa shape index (κ1) is 16.0. The standard InChI is InChI=1S/C13H19N3O4/c1-3-4-9(14)12(18)16-10(13(19)20-2)7-8-5-6-15-11(8)17/h1,8-10H,4-7,14H2,2H3,(H,15,17)(H,16,18)/t8-,9-,10?/m0/s1. The first-order chi connectivity index (χ1) is 9.49. The van der Waals surface area contributed by atoms with Gasteiger partial charge in [-0.25, -0.2) is 4.79 Å². The van der Waals surface area contributed by atoms with Crippen molar-refractivity contribution in [3.05, 3.63) is 0 Å². The summed E-state index contributed by atoms with van der Waals surface area (Å²) in [6.45, 7) is 0.571. The van der Waals surface area contributed by atoms with Crippen LogP contribution in [-0.2, 0) is 19.1 Å². The number of hydrogen-bond acceptors (Lipinski definition) is 5. The van der Waals surface area contributed by atoms with Gasteiger partial charge in [-0.15, -0.1) is 12.3 Å². The van der Waals surface area contributed by atoms with Gasteiger partial charge < -0.3 is 21.1 Å². The number of hydrogen-bond donors (Lipinski definition) is 3. The summed E-state index contributed by atoms with van der Waals surface area (Å²) >= 11 is 0. The molecule has 1 saturated heterocycles. The Morgan fingerprint density at radius 2 is 2.35 bits per heavy atom. The van der Waals surface area contributed by atoms with E-state index in [1.165, 1.54) is 7.11 Å². The summed E-state index contributed by atoms with van der Waals surface area (Å²) in [7, 11) is 1.22. The number of ether oxygens (including phenoxy) is 1. The van der Waals surface area contributed by atoms with E-state index >= 15 is 0 Å². The summed E-state index contributed by atoms with van der Waals surface area (Å²) in [5.74, 6) is 0.702. The van der Waals surface area contributed by atoms with Crippen LogP contribution in [0.3, 0.4) is 0 Å². The van der Waals surface area contributed by atoms with Gasteiger partial charge in [0.05, 0.1) is 13.2 Å². The molecule has 0 radical (unpaired) electrons. The average molecular weight is 281 g/mol. The van der Waals surface area contributed by atoms with Gasteiger partial charge >= 0.3 is 5.97 Å². The summed E-state index contributed by atoms with van der Waals surface area (Å²) in [6, 6.07) is -1.78. The zero-order valence-electron chi connectivity index (χ0n) is 11.3. The van der Waals surface area contributed by atoms with E-state index in [0.717, 1.165) is 0 Å². The molecule has 0 spiro atoms. The maximum Gasteiger partial charge on any atom is 0.328 e. The zero-order valence-corrected chi connectivity index (χ0v) is 11.3. The van der Waals surface area contributed by atoms with Gasteiger partial charge in [0.1, 0.15) is 6.04 Å². The molecule has 0 aromatic carbocycles. The number of nitrogens with two attached hydrogens (primary N) is 1. The van der Waals surface area contributed by atoms with Crippen LogP contribution in [0.4, 0.5) is 0 Å². The Hall–Kier alpha value is -2.07. The molecule has 0 aromatic heterocycles. The van der Waals surface area contributed by atoms with E-state index in [9.17, 15) is 14.4 Å². The normalized spacial score (nSPS) is 20.4. The Kier molecular flexibility index (Phi) is 6.00. The topological polar surface area (TPSA) is 111 Å². The van der Waals surface area contributed by atoms with E-state index in [2.05, 4.69) is 21.3 Å². The molecule has 1 heterocycles. The van der Waals surface area contributed by atoms with Crippen LogP contribution in [0, 0.1) is 18.3 Å². The molecule has 110 valence electrons. The number of nitrogens with one attached hydrogen (secondary N) is 2. The van der Waals surface area contributed by atoms with Crippen LogP contribution in [0.5, 0.6) is 0 Å². The van der Waals surface area contributed by atoms with Crippen LogP contribution in [0.15, 0.2) is 0 Å². The molecular formula is C13H19N3O4. The van der Waals surface area contributed by atoms with Crippen molar-refractivity contribution >= 4 is 17.8 Å². The minimum Gasteiger partial charge on any atom is -0.467 e. The third-order valence-corrected chi connectivity index (χ3v) is 3.16. The first-order valence-electron chi connectivity index (χ1n) is 6.34. The number of amides is 2. The van der Waals surface area contributed by atoms with Gasteiger partial charge in [-0.05, 0) is 12.8 Å². The van der Waals surface area contributed by atoms with Gasteiger partial charge in [0.25, 0.3) is 0 Å². The van der Waals surface area contributed by atoms with Crippen LogP contribution >= 0.6 is 0 Å². The molecule has 7 nitrogen and oxygen atoms in total. The molecule has 1 fully saturated rings. The Bertz CT molecular complexity index is 430. The van der Waals surface area contributed by atoms with Gasteiger partial charge in [0.2, 0.25) is 11.8 Å². The molecule has 0 aliphatic carbocycles. The maximum atomic E-state index is 11.8. The van der Waals surface area contributed by atoms with Crippen molar-refractivity contribution in [3.63, 3.8) is 0 Å². The van der Waals surface area contributed by atoms with E-state index in [1.807, 2.05) is 0 Å².